The molecule has 4 unspecified atom stereocenters. The SMILES string of the molecule is CCC1CC2(C(=O)NC(C)c3ccc(C=O)s3)CCCC12. The van der Waals surface area contributed by atoms with Crippen molar-refractivity contribution < 1.29 is 9.59 Å². The van der Waals surface area contributed by atoms with Gasteiger partial charge in [0.15, 0.2) is 6.29 Å². The van der Waals surface area contributed by atoms with E-state index in [2.05, 4.69) is 12.2 Å². The van der Waals surface area contributed by atoms with Crippen molar-refractivity contribution in [3.05, 3.63) is 21.9 Å². The van der Waals surface area contributed by atoms with Crippen LogP contribution in [0.2, 0.25) is 0 Å². The summed E-state index contributed by atoms with van der Waals surface area (Å²) in [7, 11) is 0. The van der Waals surface area contributed by atoms with E-state index in [1.165, 1.54) is 30.6 Å². The number of fused-ring (bicyclic) bond motifs is 1. The number of carbonyl (C=O) groups excluding carboxylic acids is 2. The van der Waals surface area contributed by atoms with Crippen LogP contribution in [0.25, 0.3) is 0 Å². The highest BCUT2D eigenvalue weighted by atomic mass is 32.1. The van der Waals surface area contributed by atoms with Gasteiger partial charge >= 0.3 is 0 Å². The van der Waals surface area contributed by atoms with Crippen molar-refractivity contribution in [2.75, 3.05) is 0 Å². The van der Waals surface area contributed by atoms with E-state index in [0.29, 0.717) is 5.92 Å². The van der Waals surface area contributed by atoms with Gasteiger partial charge in [0.05, 0.1) is 16.3 Å². The van der Waals surface area contributed by atoms with Crippen LogP contribution in [0.15, 0.2) is 12.1 Å². The number of rotatable bonds is 5. The minimum absolute atomic E-state index is 0.00694. The molecular formula is C17H23NO2S. The molecule has 0 spiro atoms. The summed E-state index contributed by atoms with van der Waals surface area (Å²) < 4.78 is 0. The number of hydrogen-bond acceptors (Lipinski definition) is 3. The molecule has 2 aliphatic carbocycles. The fourth-order valence-corrected chi connectivity index (χ4v) is 5.20. The van der Waals surface area contributed by atoms with Crippen molar-refractivity contribution >= 4 is 23.5 Å². The summed E-state index contributed by atoms with van der Waals surface area (Å²) >= 11 is 1.47. The predicted octanol–water partition coefficient (Wildman–Crippen LogP) is 3.95. The van der Waals surface area contributed by atoms with Gasteiger partial charge in [0.2, 0.25) is 5.91 Å². The molecule has 0 radical (unpaired) electrons. The van der Waals surface area contributed by atoms with Gasteiger partial charge < -0.3 is 5.32 Å². The van der Waals surface area contributed by atoms with Gasteiger partial charge in [-0.05, 0) is 50.2 Å². The molecule has 1 amide bonds. The van der Waals surface area contributed by atoms with Gasteiger partial charge in [0.25, 0.3) is 0 Å². The number of amides is 1. The van der Waals surface area contributed by atoms with E-state index in [9.17, 15) is 9.59 Å². The van der Waals surface area contributed by atoms with Crippen molar-refractivity contribution in [3.8, 4) is 0 Å². The third-order valence-corrected chi connectivity index (χ3v) is 6.75. The summed E-state index contributed by atoms with van der Waals surface area (Å²) in [5.41, 5.74) is -0.0836. The zero-order valence-corrected chi connectivity index (χ0v) is 13.5. The molecule has 0 bridgehead atoms. The predicted molar refractivity (Wildman–Crippen MR) is 84.4 cm³/mol. The second-order valence-electron chi connectivity index (χ2n) is 6.58. The molecule has 1 N–H and O–H groups in total. The number of aldehydes is 1. The lowest BCUT2D eigenvalue weighted by molar-refractivity contribution is -0.146. The van der Waals surface area contributed by atoms with Gasteiger partial charge in [-0.15, -0.1) is 11.3 Å². The van der Waals surface area contributed by atoms with E-state index in [0.717, 1.165) is 34.8 Å². The Bertz CT molecular complexity index is 553. The maximum absolute atomic E-state index is 12.8. The van der Waals surface area contributed by atoms with E-state index in [4.69, 9.17) is 0 Å². The number of carbonyl (C=O) groups is 2. The highest BCUT2D eigenvalue weighted by Crippen LogP contribution is 2.62. The molecule has 1 heterocycles. The monoisotopic (exact) mass is 305 g/mol. The molecule has 2 saturated carbocycles. The zero-order valence-electron chi connectivity index (χ0n) is 12.7. The van der Waals surface area contributed by atoms with Gasteiger partial charge in [-0.3, -0.25) is 9.59 Å². The van der Waals surface area contributed by atoms with Crippen molar-refractivity contribution in [1.29, 1.82) is 0 Å². The van der Waals surface area contributed by atoms with Gasteiger partial charge in [-0.25, -0.2) is 0 Å². The van der Waals surface area contributed by atoms with Crippen molar-refractivity contribution in [2.45, 2.75) is 52.0 Å². The van der Waals surface area contributed by atoms with E-state index >= 15 is 0 Å². The summed E-state index contributed by atoms with van der Waals surface area (Å²) in [6, 6.07) is 3.76. The second kappa shape index (κ2) is 5.56. The summed E-state index contributed by atoms with van der Waals surface area (Å²) in [5.74, 6) is 1.59. The Morgan fingerprint density at radius 2 is 2.38 bits per heavy atom. The molecule has 2 fully saturated rings. The van der Waals surface area contributed by atoms with Crippen molar-refractivity contribution in [1.82, 2.24) is 5.32 Å². The largest absolute Gasteiger partial charge is 0.348 e. The van der Waals surface area contributed by atoms with Crippen LogP contribution < -0.4 is 5.32 Å². The highest BCUT2D eigenvalue weighted by molar-refractivity contribution is 7.13. The maximum Gasteiger partial charge on any atom is 0.227 e. The molecule has 1 aromatic rings. The molecule has 3 rings (SSSR count). The molecule has 3 nitrogen and oxygen atoms in total. The molecule has 0 aliphatic heterocycles. The molecule has 0 saturated heterocycles. The molecule has 2 aliphatic rings. The average Bonchev–Trinajstić information content (AvgIpc) is 3.05. The van der Waals surface area contributed by atoms with Crippen LogP contribution in [0.3, 0.4) is 0 Å². The quantitative estimate of drug-likeness (QED) is 0.837. The minimum Gasteiger partial charge on any atom is -0.348 e. The molecule has 0 aromatic carbocycles. The molecule has 114 valence electrons. The molecule has 4 heteroatoms. The van der Waals surface area contributed by atoms with Crippen LogP contribution in [0.4, 0.5) is 0 Å². The van der Waals surface area contributed by atoms with Gasteiger partial charge in [0, 0.05) is 4.88 Å². The average molecular weight is 305 g/mol. The Balaban J connectivity index is 1.67. The van der Waals surface area contributed by atoms with Crippen LogP contribution in [0, 0.1) is 17.3 Å². The molecule has 4 atom stereocenters. The molecule has 21 heavy (non-hydrogen) atoms. The first-order valence-corrected chi connectivity index (χ1v) is 8.78. The Kier molecular flexibility index (Phi) is 3.91. The van der Waals surface area contributed by atoms with Crippen LogP contribution in [-0.4, -0.2) is 12.2 Å². The Morgan fingerprint density at radius 1 is 1.57 bits per heavy atom. The lowest BCUT2D eigenvalue weighted by atomic mass is 9.54. The lowest BCUT2D eigenvalue weighted by Gasteiger charge is -2.50. The standard InChI is InChI=1S/C17H23NO2S/c1-3-12-9-17(8-4-5-14(12)17)16(20)18-11(2)15-7-6-13(10-19)21-15/h6-7,10-12,14H,3-5,8-9H2,1-2H3,(H,18,20). The molecular weight excluding hydrogens is 282 g/mol. The fourth-order valence-electron chi connectivity index (χ4n) is 4.37. The second-order valence-corrected chi connectivity index (χ2v) is 7.73. The Morgan fingerprint density at radius 3 is 3.05 bits per heavy atom. The van der Waals surface area contributed by atoms with Crippen molar-refractivity contribution in [2.24, 2.45) is 17.3 Å². The first-order valence-electron chi connectivity index (χ1n) is 7.96. The van der Waals surface area contributed by atoms with E-state index in [-0.39, 0.29) is 17.4 Å². The van der Waals surface area contributed by atoms with Crippen LogP contribution in [0.5, 0.6) is 0 Å². The smallest absolute Gasteiger partial charge is 0.227 e. The number of thiophene rings is 1. The molecule has 1 aromatic heterocycles. The van der Waals surface area contributed by atoms with Crippen molar-refractivity contribution in [3.63, 3.8) is 0 Å². The highest BCUT2D eigenvalue weighted by Gasteiger charge is 2.59. The topological polar surface area (TPSA) is 46.2 Å². The summed E-state index contributed by atoms with van der Waals surface area (Å²) in [6.45, 7) is 4.24. The van der Waals surface area contributed by atoms with Crippen LogP contribution >= 0.6 is 11.3 Å². The van der Waals surface area contributed by atoms with Gasteiger partial charge in [-0.1, -0.05) is 19.8 Å². The third kappa shape index (κ3) is 2.33. The van der Waals surface area contributed by atoms with E-state index in [1.54, 1.807) is 0 Å². The maximum atomic E-state index is 12.8. The fraction of sp³-hybridized carbons (Fsp3) is 0.647. The normalized spacial score (nSPS) is 32.1. The Labute approximate surface area is 130 Å². The first kappa shape index (κ1) is 14.8. The summed E-state index contributed by atoms with van der Waals surface area (Å²) in [5, 5.41) is 3.20. The number of nitrogens with one attached hydrogen (secondary N) is 1. The third-order valence-electron chi connectivity index (χ3n) is 5.56. The van der Waals surface area contributed by atoms with E-state index < -0.39 is 0 Å². The first-order chi connectivity index (χ1) is 10.1. The summed E-state index contributed by atoms with van der Waals surface area (Å²) in [4.78, 5) is 25.3. The van der Waals surface area contributed by atoms with E-state index in [1.807, 2.05) is 19.1 Å². The van der Waals surface area contributed by atoms with Gasteiger partial charge in [-0.2, -0.15) is 0 Å². The lowest BCUT2D eigenvalue weighted by Crippen LogP contribution is -2.54. The zero-order chi connectivity index (χ0) is 15.0. The number of hydrogen-bond donors (Lipinski definition) is 1. The minimum atomic E-state index is -0.0836. The van der Waals surface area contributed by atoms with Crippen LogP contribution in [0.1, 0.15) is 66.5 Å². The van der Waals surface area contributed by atoms with Crippen LogP contribution in [-0.2, 0) is 4.79 Å². The Hall–Kier alpha value is -1.16. The van der Waals surface area contributed by atoms with Gasteiger partial charge in [0.1, 0.15) is 0 Å². The summed E-state index contributed by atoms with van der Waals surface area (Å²) in [6.07, 6.45) is 6.59.